The second kappa shape index (κ2) is 6.86. The van der Waals surface area contributed by atoms with E-state index in [1.54, 1.807) is 43.6 Å². The number of fused-ring (bicyclic) bond motifs is 1. The third-order valence-electron chi connectivity index (χ3n) is 3.43. The van der Waals surface area contributed by atoms with E-state index in [0.29, 0.717) is 16.1 Å². The molecule has 0 spiro atoms. The molecule has 3 rings (SSSR count). The molecule has 0 aliphatic rings. The summed E-state index contributed by atoms with van der Waals surface area (Å²) in [6, 6.07) is 8.79. The number of carbonyl (C=O) groups excluding carboxylic acids is 1. The highest BCUT2D eigenvalue weighted by atomic mass is 127. The van der Waals surface area contributed by atoms with Crippen molar-refractivity contribution in [3.8, 4) is 0 Å². The number of amides is 1. The van der Waals surface area contributed by atoms with E-state index in [4.69, 9.17) is 11.6 Å². The molecule has 0 aliphatic heterocycles. The van der Waals surface area contributed by atoms with Gasteiger partial charge in [0.15, 0.2) is 11.3 Å². The summed E-state index contributed by atoms with van der Waals surface area (Å²) in [5, 5.41) is 7.76. The van der Waals surface area contributed by atoms with Crippen molar-refractivity contribution in [1.82, 2.24) is 20.1 Å². The smallest absolute Gasteiger partial charge is 0.276 e. The van der Waals surface area contributed by atoms with Crippen molar-refractivity contribution in [1.29, 1.82) is 0 Å². The minimum atomic E-state index is -0.522. The Morgan fingerprint density at radius 3 is 2.75 bits per heavy atom. The van der Waals surface area contributed by atoms with Gasteiger partial charge in [-0.3, -0.25) is 9.59 Å². The molecule has 24 heavy (non-hydrogen) atoms. The Hall–Kier alpha value is -2.00. The lowest BCUT2D eigenvalue weighted by molar-refractivity contribution is 0.0943. The first kappa shape index (κ1) is 16.8. The molecule has 8 heteroatoms. The van der Waals surface area contributed by atoms with Crippen LogP contribution in [0.5, 0.6) is 0 Å². The third kappa shape index (κ3) is 3.41. The van der Waals surface area contributed by atoms with Gasteiger partial charge in [0.1, 0.15) is 0 Å². The van der Waals surface area contributed by atoms with Gasteiger partial charge in [-0.2, -0.15) is 5.10 Å². The van der Waals surface area contributed by atoms with Gasteiger partial charge in [-0.25, -0.2) is 9.67 Å². The summed E-state index contributed by atoms with van der Waals surface area (Å²) in [5.41, 5.74) is 0.738. The Balaban J connectivity index is 1.91. The maximum Gasteiger partial charge on any atom is 0.276 e. The van der Waals surface area contributed by atoms with Crippen molar-refractivity contribution in [2.45, 2.75) is 6.54 Å². The summed E-state index contributed by atoms with van der Waals surface area (Å²) in [6.45, 7) is 0.281. The number of nitrogens with zero attached hydrogens (tertiary/aromatic N) is 3. The van der Waals surface area contributed by atoms with Crippen LogP contribution in [0.15, 0.2) is 41.3 Å². The van der Waals surface area contributed by atoms with Crippen LogP contribution in [-0.4, -0.2) is 20.7 Å². The Kier molecular flexibility index (Phi) is 4.81. The average molecular weight is 455 g/mol. The fourth-order valence-electron chi connectivity index (χ4n) is 2.24. The zero-order chi connectivity index (χ0) is 17.3. The van der Waals surface area contributed by atoms with Gasteiger partial charge in [-0.15, -0.1) is 0 Å². The summed E-state index contributed by atoms with van der Waals surface area (Å²) in [7, 11) is 1.65. The quantitative estimate of drug-likeness (QED) is 0.617. The molecular weight excluding hydrogens is 443 g/mol. The summed E-state index contributed by atoms with van der Waals surface area (Å²) >= 11 is 7.90. The molecule has 2 aromatic heterocycles. The Labute approximate surface area is 156 Å². The average Bonchev–Trinajstić information content (AvgIpc) is 2.57. The zero-order valence-electron chi connectivity index (χ0n) is 12.6. The number of pyridine rings is 1. The highest BCUT2D eigenvalue weighted by Gasteiger charge is 2.17. The van der Waals surface area contributed by atoms with Gasteiger partial charge in [0, 0.05) is 28.4 Å². The van der Waals surface area contributed by atoms with Gasteiger partial charge in [0.25, 0.3) is 5.91 Å². The Bertz CT molecular complexity index is 986. The molecule has 1 aromatic carbocycles. The second-order valence-corrected chi connectivity index (χ2v) is 6.82. The summed E-state index contributed by atoms with van der Waals surface area (Å²) in [5.74, 6) is -0.522. The predicted molar refractivity (Wildman–Crippen MR) is 100 cm³/mol. The SMILES string of the molecule is Cn1nc(C(=O)NCc2ccc(Cl)cc2)c(=O)c2cc(I)cnc21. The van der Waals surface area contributed by atoms with Crippen LogP contribution in [-0.2, 0) is 13.6 Å². The highest BCUT2D eigenvalue weighted by Crippen LogP contribution is 2.11. The van der Waals surface area contributed by atoms with Crippen molar-refractivity contribution in [3.63, 3.8) is 0 Å². The molecule has 0 aliphatic carbocycles. The van der Waals surface area contributed by atoms with Crippen molar-refractivity contribution >= 4 is 51.1 Å². The lowest BCUT2D eigenvalue weighted by atomic mass is 10.2. The van der Waals surface area contributed by atoms with Crippen LogP contribution in [0.2, 0.25) is 5.02 Å². The molecule has 0 radical (unpaired) electrons. The molecule has 0 fully saturated rings. The molecule has 2 heterocycles. The van der Waals surface area contributed by atoms with Gasteiger partial charge in [-0.1, -0.05) is 23.7 Å². The molecule has 0 atom stereocenters. The Morgan fingerprint density at radius 2 is 2.04 bits per heavy atom. The molecule has 0 saturated carbocycles. The largest absolute Gasteiger partial charge is 0.346 e. The van der Waals surface area contributed by atoms with E-state index < -0.39 is 11.3 Å². The number of hydrogen-bond donors (Lipinski definition) is 1. The van der Waals surface area contributed by atoms with E-state index in [0.717, 1.165) is 9.13 Å². The zero-order valence-corrected chi connectivity index (χ0v) is 15.5. The van der Waals surface area contributed by atoms with Crippen LogP contribution in [0, 0.1) is 3.57 Å². The van der Waals surface area contributed by atoms with Crippen molar-refractivity contribution in [3.05, 3.63) is 66.6 Å². The molecule has 0 unspecified atom stereocenters. The van der Waals surface area contributed by atoms with E-state index in [9.17, 15) is 9.59 Å². The first-order valence-corrected chi connectivity index (χ1v) is 8.46. The van der Waals surface area contributed by atoms with Crippen LogP contribution in [0.4, 0.5) is 0 Å². The van der Waals surface area contributed by atoms with E-state index in [-0.39, 0.29) is 12.2 Å². The normalized spacial score (nSPS) is 10.8. The number of carbonyl (C=O) groups is 1. The molecule has 122 valence electrons. The molecule has 1 amide bonds. The standard InChI is InChI=1S/C16H12ClIN4O2/c1-22-15-12(6-11(18)8-19-15)14(23)13(21-22)16(24)20-7-9-2-4-10(17)5-3-9/h2-6,8H,7H2,1H3,(H,20,24). The maximum atomic E-state index is 12.5. The number of nitrogens with one attached hydrogen (secondary N) is 1. The Morgan fingerprint density at radius 1 is 1.33 bits per heavy atom. The van der Waals surface area contributed by atoms with Gasteiger partial charge in [0.2, 0.25) is 5.43 Å². The first-order chi connectivity index (χ1) is 11.5. The number of aryl methyl sites for hydroxylation is 1. The predicted octanol–water partition coefficient (Wildman–Crippen LogP) is 2.52. The van der Waals surface area contributed by atoms with Crippen molar-refractivity contribution < 1.29 is 4.79 Å². The van der Waals surface area contributed by atoms with Gasteiger partial charge in [0.05, 0.1) is 5.39 Å². The number of benzene rings is 1. The fraction of sp³-hybridized carbons (Fsp3) is 0.125. The lowest BCUT2D eigenvalue weighted by Gasteiger charge is -2.08. The number of rotatable bonds is 3. The minimum absolute atomic E-state index is 0.150. The molecule has 6 nitrogen and oxygen atoms in total. The molecule has 1 N–H and O–H groups in total. The van der Waals surface area contributed by atoms with Crippen LogP contribution in [0.3, 0.4) is 0 Å². The van der Waals surface area contributed by atoms with E-state index >= 15 is 0 Å². The first-order valence-electron chi connectivity index (χ1n) is 7.01. The minimum Gasteiger partial charge on any atom is -0.346 e. The maximum absolute atomic E-state index is 12.5. The van der Waals surface area contributed by atoms with Gasteiger partial charge in [-0.05, 0) is 46.4 Å². The monoisotopic (exact) mass is 454 g/mol. The third-order valence-corrected chi connectivity index (χ3v) is 4.27. The van der Waals surface area contributed by atoms with Crippen LogP contribution in [0.1, 0.15) is 16.1 Å². The molecule has 0 saturated heterocycles. The van der Waals surface area contributed by atoms with E-state index in [1.165, 1.54) is 4.68 Å². The summed E-state index contributed by atoms with van der Waals surface area (Å²) < 4.78 is 2.25. The second-order valence-electron chi connectivity index (χ2n) is 5.14. The highest BCUT2D eigenvalue weighted by molar-refractivity contribution is 14.1. The summed E-state index contributed by atoms with van der Waals surface area (Å²) in [4.78, 5) is 29.1. The number of hydrogen-bond acceptors (Lipinski definition) is 4. The van der Waals surface area contributed by atoms with Crippen LogP contribution >= 0.6 is 34.2 Å². The molecule has 3 aromatic rings. The topological polar surface area (TPSA) is 76.9 Å². The number of aromatic nitrogens is 3. The van der Waals surface area contributed by atoms with Gasteiger partial charge < -0.3 is 5.32 Å². The van der Waals surface area contributed by atoms with E-state index in [2.05, 4.69) is 38.0 Å². The van der Waals surface area contributed by atoms with Crippen LogP contribution in [0.25, 0.3) is 11.0 Å². The number of halogens is 2. The fourth-order valence-corrected chi connectivity index (χ4v) is 2.82. The lowest BCUT2D eigenvalue weighted by Crippen LogP contribution is -2.31. The molecular formula is C16H12ClIN4O2. The van der Waals surface area contributed by atoms with Crippen molar-refractivity contribution in [2.75, 3.05) is 0 Å². The molecule has 0 bridgehead atoms. The van der Waals surface area contributed by atoms with Gasteiger partial charge >= 0.3 is 0 Å². The van der Waals surface area contributed by atoms with Crippen LogP contribution < -0.4 is 10.7 Å². The van der Waals surface area contributed by atoms with E-state index in [1.807, 2.05) is 0 Å². The van der Waals surface area contributed by atoms with Crippen molar-refractivity contribution in [2.24, 2.45) is 7.05 Å². The summed E-state index contributed by atoms with van der Waals surface area (Å²) in [6.07, 6.45) is 1.64.